The Labute approximate surface area is 490 Å². The largest absolute Gasteiger partial charge is 0.495 e. The van der Waals surface area contributed by atoms with Crippen molar-refractivity contribution in [2.24, 2.45) is 5.92 Å². The van der Waals surface area contributed by atoms with E-state index in [0.29, 0.717) is 41.5 Å². The zero-order valence-electron chi connectivity index (χ0n) is 47.3. The Morgan fingerprint density at radius 3 is 2.43 bits per heavy atom. The molecule has 3 aliphatic rings. The first kappa shape index (κ1) is 64.3. The Bertz CT molecular complexity index is 2800. The molecule has 6 amide bonds. The highest BCUT2D eigenvalue weighted by Crippen LogP contribution is 2.49. The van der Waals surface area contributed by atoms with Crippen molar-refractivity contribution in [3.8, 4) is 5.75 Å². The van der Waals surface area contributed by atoms with Crippen LogP contribution in [0.25, 0.3) is 0 Å². The molecule has 10 atom stereocenters. The summed E-state index contributed by atoms with van der Waals surface area (Å²) in [5, 5.41) is 23.6. The van der Waals surface area contributed by atoms with E-state index in [4.69, 9.17) is 35.3 Å². The van der Waals surface area contributed by atoms with Crippen molar-refractivity contribution in [1.82, 2.24) is 25.8 Å². The van der Waals surface area contributed by atoms with Gasteiger partial charge in [0.25, 0.3) is 0 Å². The molecule has 20 nitrogen and oxygen atoms in total. The van der Waals surface area contributed by atoms with Crippen molar-refractivity contribution in [2.45, 2.75) is 145 Å². The van der Waals surface area contributed by atoms with E-state index in [9.17, 15) is 38.7 Å². The second kappa shape index (κ2) is 29.4. The molecule has 4 heterocycles. The number of fused-ring (bicyclic) bond motifs is 5. The van der Waals surface area contributed by atoms with Gasteiger partial charge >= 0.3 is 12.1 Å². The molecule has 0 radical (unpaired) electrons. The minimum atomic E-state index is -1.87. The number of amides is 6. The fraction of sp³-hybridized carbons (Fsp3) is 0.509. The number of epoxide rings is 1. The number of allylic oxidation sites excluding steroid dienone is 3. The van der Waals surface area contributed by atoms with E-state index in [1.54, 1.807) is 88.2 Å². The number of nitrogens with one attached hydrogen (secondary N) is 4. The van der Waals surface area contributed by atoms with Crippen LogP contribution in [0.15, 0.2) is 89.6 Å². The predicted octanol–water partition coefficient (Wildman–Crippen LogP) is 7.40. The van der Waals surface area contributed by atoms with Gasteiger partial charge in [-0.2, -0.15) is 11.8 Å². The molecule has 6 rings (SSSR count). The first-order chi connectivity index (χ1) is 38.5. The second-order valence-electron chi connectivity index (χ2n) is 20.6. The molecule has 81 heavy (non-hydrogen) atoms. The smallest absolute Gasteiger partial charge is 0.409 e. The van der Waals surface area contributed by atoms with Crippen molar-refractivity contribution >= 4 is 97.9 Å². The highest BCUT2D eigenvalue weighted by atomic mass is 35.5. The lowest BCUT2D eigenvalue weighted by Crippen LogP contribution is -2.63. The number of thioether (sulfide) groups is 1. The lowest BCUT2D eigenvalue weighted by atomic mass is 9.83. The van der Waals surface area contributed by atoms with Gasteiger partial charge in [-0.05, 0) is 106 Å². The number of carbonyl (C=O) groups excluding carboxylic acids is 7. The summed E-state index contributed by atoms with van der Waals surface area (Å²) in [6.07, 6.45) is 3.24. The number of ether oxygens (including phenoxy) is 5. The van der Waals surface area contributed by atoms with Crippen LogP contribution < -0.4 is 30.9 Å². The average Bonchev–Trinajstić information content (AvgIpc) is 2.52. The highest BCUT2D eigenvalue weighted by molar-refractivity contribution is 8.76. The molecule has 440 valence electrons. The Balaban J connectivity index is 1.01. The van der Waals surface area contributed by atoms with Crippen molar-refractivity contribution < 1.29 is 62.4 Å². The molecular formula is C57H74ClN7O13S3. The van der Waals surface area contributed by atoms with Crippen LogP contribution in [0.3, 0.4) is 0 Å². The number of aromatic nitrogens is 1. The average molecular weight is 1200 g/mol. The monoisotopic (exact) mass is 1200 g/mol. The van der Waals surface area contributed by atoms with Crippen molar-refractivity contribution in [3.63, 3.8) is 0 Å². The zero-order chi connectivity index (χ0) is 59.2. The second-order valence-corrected chi connectivity index (χ2v) is 24.5. The summed E-state index contributed by atoms with van der Waals surface area (Å²) in [6.45, 7) is 10.1. The SMILES string of the molecule is COc1cc2cc(c1Cl)N(C)C(=O)CC(OC(=O)C(C)N(C)C(=O)CCSCc1ccc(NC(=O)C(C)NC(=O)C(C)NC(=O)CCCSSc3ccccn3)cc1)C1(C)OC1C(C)C1CC(O)(NC(=O)O1)C(OC)C=CC=C(C)C2. The van der Waals surface area contributed by atoms with E-state index in [1.165, 1.54) is 60.5 Å². The number of carbonyl (C=O) groups is 7. The minimum Gasteiger partial charge on any atom is -0.495 e. The lowest BCUT2D eigenvalue weighted by Gasteiger charge is -2.42. The maximum Gasteiger partial charge on any atom is 0.409 e. The van der Waals surface area contributed by atoms with E-state index < -0.39 is 89.6 Å². The van der Waals surface area contributed by atoms with E-state index >= 15 is 0 Å². The van der Waals surface area contributed by atoms with E-state index in [-0.39, 0.29) is 42.5 Å². The Hall–Kier alpha value is -5.82. The maximum absolute atomic E-state index is 14.4. The predicted molar refractivity (Wildman–Crippen MR) is 314 cm³/mol. The molecule has 10 unspecified atom stereocenters. The molecule has 0 aliphatic carbocycles. The van der Waals surface area contributed by atoms with Crippen LogP contribution in [0.1, 0.15) is 84.8 Å². The van der Waals surface area contributed by atoms with Gasteiger partial charge in [-0.1, -0.05) is 71.3 Å². The molecule has 2 saturated heterocycles. The number of rotatable bonds is 21. The molecule has 0 saturated carbocycles. The molecule has 3 aliphatic heterocycles. The minimum absolute atomic E-state index is 0.0882. The van der Waals surface area contributed by atoms with Gasteiger partial charge in [-0.15, -0.1) is 0 Å². The van der Waals surface area contributed by atoms with Crippen molar-refractivity contribution in [2.75, 3.05) is 50.0 Å². The molecule has 0 spiro atoms. The number of anilines is 2. The number of methoxy groups -OCH3 is 2. The third-order valence-electron chi connectivity index (χ3n) is 14.4. The molecule has 5 N–H and O–H groups in total. The molecular weight excluding hydrogens is 1120 g/mol. The number of benzene rings is 2. The van der Waals surface area contributed by atoms with Crippen LogP contribution in [-0.2, 0) is 59.9 Å². The molecule has 24 heteroatoms. The number of hydrogen-bond acceptors (Lipinski definition) is 17. The zero-order valence-corrected chi connectivity index (χ0v) is 50.5. The van der Waals surface area contributed by atoms with Gasteiger partial charge in [0.1, 0.15) is 57.8 Å². The van der Waals surface area contributed by atoms with Gasteiger partial charge in [-0.3, -0.25) is 29.3 Å². The summed E-state index contributed by atoms with van der Waals surface area (Å²) in [4.78, 5) is 100. The number of aliphatic hydroxyl groups is 1. The quantitative estimate of drug-likeness (QED) is 0.0301. The number of alkyl carbamates (subject to hydrolysis) is 1. The first-order valence-corrected chi connectivity index (χ1v) is 30.4. The third kappa shape index (κ3) is 17.6. The van der Waals surface area contributed by atoms with Crippen LogP contribution >= 0.6 is 45.0 Å². The summed E-state index contributed by atoms with van der Waals surface area (Å²) >= 11 is 8.33. The van der Waals surface area contributed by atoms with E-state index in [1.807, 2.05) is 43.3 Å². The van der Waals surface area contributed by atoms with Crippen molar-refractivity contribution in [1.29, 1.82) is 0 Å². The fourth-order valence-corrected chi connectivity index (χ4v) is 12.4. The summed E-state index contributed by atoms with van der Waals surface area (Å²) in [7, 11) is 9.10. The molecule has 1 aromatic heterocycles. The number of nitrogens with zero attached hydrogens (tertiary/aromatic N) is 3. The highest BCUT2D eigenvalue weighted by Gasteiger charge is 2.64. The van der Waals surface area contributed by atoms with Gasteiger partial charge in [0.05, 0.1) is 25.3 Å². The summed E-state index contributed by atoms with van der Waals surface area (Å²) in [6, 6.07) is 13.6. The Morgan fingerprint density at radius 2 is 1.74 bits per heavy atom. The summed E-state index contributed by atoms with van der Waals surface area (Å²) in [5.41, 5.74) is 0.331. The van der Waals surface area contributed by atoms with Gasteiger partial charge in [0, 0.05) is 75.5 Å². The number of likely N-dealkylation sites (N-methyl/N-ethyl adjacent to an activating group) is 1. The van der Waals surface area contributed by atoms with Crippen LogP contribution in [0.5, 0.6) is 5.75 Å². The van der Waals surface area contributed by atoms with Gasteiger partial charge in [0.2, 0.25) is 29.5 Å². The van der Waals surface area contributed by atoms with Crippen molar-refractivity contribution in [3.05, 3.63) is 101 Å². The topological polar surface area (TPSA) is 257 Å². The maximum atomic E-state index is 14.4. The first-order valence-electron chi connectivity index (χ1n) is 26.6. The molecule has 2 aromatic carbocycles. The fourth-order valence-electron chi connectivity index (χ4n) is 9.25. The van der Waals surface area contributed by atoms with Crippen LogP contribution in [0, 0.1) is 5.92 Å². The number of halogens is 1. The standard InChI is InChI=1S/C57H74ClN7O13S3/c1-33-15-13-16-44(75-10)57(73)31-43(76-55(72)63-57)34(2)51-56(6,78-51)45(30-49(68)65(8)41-28-39(27-33)29-42(74-9)50(41)58)77-54(71)37(5)64(7)48(67)23-26-79-32-38-19-21-40(22-20-38)62-53(70)36(4)61-52(69)35(3)60-46(66)17-14-25-80-81-47-18-11-12-24-59-47/h11-13,15-16,18-22,24,28-29,34-37,43-45,51,73H,14,17,23,25-27,30-32H2,1-10H3,(H,60,66)(H,61,69)(H,62,70)(H,63,72). The number of pyridine rings is 1. The Kier molecular flexibility index (Phi) is 23.4. The van der Waals surface area contributed by atoms with E-state index in [0.717, 1.165) is 27.5 Å². The van der Waals surface area contributed by atoms with E-state index in [2.05, 4.69) is 26.3 Å². The lowest BCUT2D eigenvalue weighted by molar-refractivity contribution is -0.162. The Morgan fingerprint density at radius 1 is 1.01 bits per heavy atom. The molecule has 3 aromatic rings. The van der Waals surface area contributed by atoms with Gasteiger partial charge in [0.15, 0.2) is 5.72 Å². The summed E-state index contributed by atoms with van der Waals surface area (Å²) < 4.78 is 29.5. The van der Waals surface area contributed by atoms with Crippen LogP contribution in [-0.4, -0.2) is 150 Å². The molecule has 2 fully saturated rings. The van der Waals surface area contributed by atoms with Gasteiger partial charge < -0.3 is 54.5 Å². The number of hydrogen-bond donors (Lipinski definition) is 5. The normalized spacial score (nSPS) is 23.9. The summed E-state index contributed by atoms with van der Waals surface area (Å²) in [5.74, 6) is -1.30. The number of esters is 1. The van der Waals surface area contributed by atoms with Gasteiger partial charge in [-0.25, -0.2) is 14.6 Å². The van der Waals surface area contributed by atoms with Crippen LogP contribution in [0.2, 0.25) is 5.02 Å². The van der Waals surface area contributed by atoms with Crippen LogP contribution in [0.4, 0.5) is 16.2 Å². The molecule has 4 bridgehead atoms. The third-order valence-corrected chi connectivity index (χ3v) is 18.2.